The Morgan fingerprint density at radius 3 is 1.84 bits per heavy atom. The van der Waals surface area contributed by atoms with Crippen LogP contribution in [0.2, 0.25) is 0 Å². The minimum Gasteiger partial charge on any atom is -0.487 e. The monoisotopic (exact) mass is 606 g/mol. The molecular weight excluding hydrogens is 572 g/mol. The molecule has 0 aromatic heterocycles. The molecule has 0 aliphatic rings. The molecule has 9 heteroatoms. The summed E-state index contributed by atoms with van der Waals surface area (Å²) in [5.41, 5.74) is 3.75. The lowest BCUT2D eigenvalue weighted by atomic mass is 10.1. The Kier molecular flexibility index (Phi) is 9.83. The van der Waals surface area contributed by atoms with Gasteiger partial charge in [-0.25, -0.2) is 9.59 Å². The zero-order chi connectivity index (χ0) is 32.7. The number of hydrogen-bond acceptors (Lipinski definition) is 5. The number of hydrogen-bond donors (Lipinski definition) is 3. The third-order valence-corrected chi connectivity index (χ3v) is 6.56. The fraction of sp³-hybridized carbons (Fsp3) is 0.167. The van der Waals surface area contributed by atoms with Crippen LogP contribution in [0.3, 0.4) is 0 Å². The van der Waals surface area contributed by atoms with Gasteiger partial charge >= 0.3 is 11.9 Å². The van der Waals surface area contributed by atoms with Gasteiger partial charge in [0.15, 0.2) is 0 Å². The van der Waals surface area contributed by atoms with E-state index in [4.69, 9.17) is 9.84 Å². The van der Waals surface area contributed by atoms with Crippen molar-refractivity contribution < 1.29 is 34.1 Å². The van der Waals surface area contributed by atoms with E-state index in [-0.39, 0.29) is 29.4 Å². The van der Waals surface area contributed by atoms with Gasteiger partial charge in [-0.15, -0.1) is 0 Å². The van der Waals surface area contributed by atoms with Crippen molar-refractivity contribution in [1.29, 1.82) is 0 Å². The van der Waals surface area contributed by atoms with Crippen molar-refractivity contribution in [3.8, 4) is 5.75 Å². The third-order valence-electron chi connectivity index (χ3n) is 6.56. The minimum absolute atomic E-state index is 0.0863. The van der Waals surface area contributed by atoms with E-state index in [1.165, 1.54) is 24.0 Å². The van der Waals surface area contributed by atoms with Crippen molar-refractivity contribution >= 4 is 53.0 Å². The van der Waals surface area contributed by atoms with Gasteiger partial charge in [0.2, 0.25) is 11.8 Å². The van der Waals surface area contributed by atoms with Crippen LogP contribution in [0, 0.1) is 0 Å². The number of carbonyl (C=O) groups is 4. The first-order valence-corrected chi connectivity index (χ1v) is 14.2. The van der Waals surface area contributed by atoms with Crippen LogP contribution in [-0.2, 0) is 16.0 Å². The molecule has 0 atom stereocenters. The molecule has 0 fully saturated rings. The smallest absolute Gasteiger partial charge is 0.339 e. The van der Waals surface area contributed by atoms with E-state index in [1.807, 2.05) is 45.1 Å². The topological polar surface area (TPSA) is 133 Å². The van der Waals surface area contributed by atoms with E-state index in [2.05, 4.69) is 5.32 Å². The van der Waals surface area contributed by atoms with Crippen LogP contribution >= 0.6 is 0 Å². The molecule has 2 amide bonds. The van der Waals surface area contributed by atoms with Crippen molar-refractivity contribution in [1.82, 2.24) is 0 Å². The highest BCUT2D eigenvalue weighted by atomic mass is 16.5. The van der Waals surface area contributed by atoms with Crippen LogP contribution in [0.5, 0.6) is 5.75 Å². The van der Waals surface area contributed by atoms with Crippen molar-refractivity contribution in [2.24, 2.45) is 0 Å². The van der Waals surface area contributed by atoms with Gasteiger partial charge in [-0.1, -0.05) is 42.5 Å². The maximum Gasteiger partial charge on any atom is 0.339 e. The summed E-state index contributed by atoms with van der Waals surface area (Å²) in [5.74, 6) is -2.25. The van der Waals surface area contributed by atoms with E-state index >= 15 is 0 Å². The normalized spacial score (nSPS) is 11.2. The van der Waals surface area contributed by atoms with Gasteiger partial charge < -0.3 is 20.3 Å². The lowest BCUT2D eigenvalue weighted by Gasteiger charge is -2.22. The van der Waals surface area contributed by atoms with Crippen LogP contribution in [0.15, 0.2) is 91.0 Å². The zero-order valence-electron chi connectivity index (χ0n) is 25.4. The average molecular weight is 607 g/mol. The quantitative estimate of drug-likeness (QED) is 0.161. The molecule has 0 radical (unpaired) electrons. The second-order valence-corrected chi connectivity index (χ2v) is 11.3. The van der Waals surface area contributed by atoms with Gasteiger partial charge in [0.25, 0.3) is 0 Å². The Hall–Kier alpha value is -5.70. The molecule has 0 aliphatic heterocycles. The van der Waals surface area contributed by atoms with Gasteiger partial charge in [0, 0.05) is 24.0 Å². The highest BCUT2D eigenvalue weighted by molar-refractivity contribution is 6.00. The number of aromatic carboxylic acids is 2. The first-order chi connectivity index (χ1) is 21.3. The number of ether oxygens (including phenoxy) is 1. The van der Waals surface area contributed by atoms with E-state index in [0.29, 0.717) is 28.4 Å². The first-order valence-electron chi connectivity index (χ1n) is 14.2. The van der Waals surface area contributed by atoms with Crippen molar-refractivity contribution in [2.75, 3.05) is 10.2 Å². The number of amides is 2. The molecule has 230 valence electrons. The zero-order valence-corrected chi connectivity index (χ0v) is 25.4. The van der Waals surface area contributed by atoms with Gasteiger partial charge in [-0.3, -0.25) is 14.5 Å². The molecule has 0 saturated carbocycles. The fourth-order valence-corrected chi connectivity index (χ4v) is 4.53. The SMILES string of the molecule is CC(=O)N(c1ccc(CC(=O)Nc2ccc(C=Cc3ccc(OC(C)(C)C)c(C(=O)O)c3)cc2)cc1)c1ccc(C(=O)O)cc1. The molecule has 4 aromatic carbocycles. The van der Waals surface area contributed by atoms with Gasteiger partial charge in [-0.2, -0.15) is 0 Å². The Morgan fingerprint density at radius 1 is 0.756 bits per heavy atom. The summed E-state index contributed by atoms with van der Waals surface area (Å²) < 4.78 is 5.77. The second kappa shape index (κ2) is 13.7. The number of anilines is 3. The highest BCUT2D eigenvalue weighted by Crippen LogP contribution is 2.28. The lowest BCUT2D eigenvalue weighted by molar-refractivity contribution is -0.116. The molecule has 0 heterocycles. The summed E-state index contributed by atoms with van der Waals surface area (Å²) in [4.78, 5) is 49.5. The van der Waals surface area contributed by atoms with Crippen molar-refractivity contribution in [2.45, 2.75) is 39.7 Å². The molecule has 45 heavy (non-hydrogen) atoms. The number of carboxylic acids is 2. The Labute approximate surface area is 261 Å². The van der Waals surface area contributed by atoms with E-state index in [9.17, 15) is 24.3 Å². The summed E-state index contributed by atoms with van der Waals surface area (Å²) in [5, 5.41) is 21.6. The Bertz CT molecular complexity index is 1730. The summed E-state index contributed by atoms with van der Waals surface area (Å²) in [6, 6.07) is 25.3. The summed E-state index contributed by atoms with van der Waals surface area (Å²) in [6.07, 6.45) is 3.78. The number of benzene rings is 4. The molecule has 4 rings (SSSR count). The molecule has 0 unspecified atom stereocenters. The molecule has 0 bridgehead atoms. The Morgan fingerprint density at radius 2 is 1.31 bits per heavy atom. The van der Waals surface area contributed by atoms with E-state index < -0.39 is 17.5 Å². The highest BCUT2D eigenvalue weighted by Gasteiger charge is 2.19. The van der Waals surface area contributed by atoms with Gasteiger partial charge in [0.05, 0.1) is 12.0 Å². The van der Waals surface area contributed by atoms with Gasteiger partial charge in [-0.05, 0) is 98.1 Å². The van der Waals surface area contributed by atoms with Crippen LogP contribution in [0.1, 0.15) is 65.1 Å². The maximum atomic E-state index is 12.7. The molecule has 0 saturated heterocycles. The molecule has 0 aliphatic carbocycles. The van der Waals surface area contributed by atoms with Crippen molar-refractivity contribution in [3.05, 3.63) is 119 Å². The third kappa shape index (κ3) is 8.90. The number of carboxylic acid groups (broad SMARTS) is 2. The standard InChI is InChI=1S/C36H34N2O7/c1-23(39)38(30-18-12-27(13-19-30)34(41)42)29-16-9-26(10-17-29)22-33(40)37-28-14-7-24(8-15-28)5-6-25-11-20-32(45-36(2,3)4)31(21-25)35(43)44/h5-21H,22H2,1-4H3,(H,37,40)(H,41,42)(H,43,44). The molecule has 3 N–H and O–H groups in total. The predicted octanol–water partition coefficient (Wildman–Crippen LogP) is 7.30. The summed E-state index contributed by atoms with van der Waals surface area (Å²) in [6.45, 7) is 6.99. The van der Waals surface area contributed by atoms with Gasteiger partial charge in [0.1, 0.15) is 16.9 Å². The largest absolute Gasteiger partial charge is 0.487 e. The molecule has 4 aromatic rings. The summed E-state index contributed by atoms with van der Waals surface area (Å²) >= 11 is 0. The van der Waals surface area contributed by atoms with Crippen LogP contribution in [0.25, 0.3) is 12.2 Å². The van der Waals surface area contributed by atoms with Crippen molar-refractivity contribution in [3.63, 3.8) is 0 Å². The number of carbonyl (C=O) groups excluding carboxylic acids is 2. The minimum atomic E-state index is -1.07. The second-order valence-electron chi connectivity index (χ2n) is 11.3. The van der Waals surface area contributed by atoms with E-state index in [0.717, 1.165) is 11.1 Å². The first kappa shape index (κ1) is 32.2. The molecule has 0 spiro atoms. The molecular formula is C36H34N2O7. The number of rotatable bonds is 10. The average Bonchev–Trinajstić information content (AvgIpc) is 2.97. The van der Waals surface area contributed by atoms with Crippen LogP contribution in [-0.4, -0.2) is 39.6 Å². The predicted molar refractivity (Wildman–Crippen MR) is 174 cm³/mol. The fourth-order valence-electron chi connectivity index (χ4n) is 4.53. The molecule has 9 nitrogen and oxygen atoms in total. The summed E-state index contributed by atoms with van der Waals surface area (Å²) in [7, 11) is 0. The number of nitrogens with one attached hydrogen (secondary N) is 1. The van der Waals surface area contributed by atoms with Crippen LogP contribution in [0.4, 0.5) is 17.1 Å². The van der Waals surface area contributed by atoms with E-state index in [1.54, 1.807) is 66.7 Å². The van der Waals surface area contributed by atoms with Crippen LogP contribution < -0.4 is 15.0 Å². The lowest BCUT2D eigenvalue weighted by Crippen LogP contribution is -2.24. The maximum absolute atomic E-state index is 12.7. The Balaban J connectivity index is 1.36. The number of nitrogens with zero attached hydrogens (tertiary/aromatic N) is 1.